The average Bonchev–Trinajstić information content (AvgIpc) is 3.52. The normalized spacial score (nSPS) is 11.4. The van der Waals surface area contributed by atoms with Crippen LogP contribution in [0.1, 0.15) is 0 Å². The SMILES string of the molecule is c1ccc(-c2nc(-c3ccccc3)nc(-c3cccc(-c4ccc5c(c4)oc4nc(-c6cccc7cccnc67)ncc45)c3)n2)cc1. The molecule has 7 heteroatoms. The molecule has 0 fully saturated rings. The third-order valence-corrected chi connectivity index (χ3v) is 8.26. The van der Waals surface area contributed by atoms with Crippen molar-refractivity contribution in [2.24, 2.45) is 0 Å². The van der Waals surface area contributed by atoms with Gasteiger partial charge >= 0.3 is 0 Å². The first-order chi connectivity index (χ1) is 23.3. The number of fused-ring (bicyclic) bond motifs is 4. The number of benzene rings is 5. The predicted octanol–water partition coefficient (Wildman–Crippen LogP) is 9.44. The van der Waals surface area contributed by atoms with Crippen LogP contribution in [-0.2, 0) is 0 Å². The summed E-state index contributed by atoms with van der Waals surface area (Å²) in [5.41, 5.74) is 7.78. The Hall–Kier alpha value is -6.60. The highest BCUT2D eigenvalue weighted by Gasteiger charge is 2.16. The van der Waals surface area contributed by atoms with E-state index in [0.717, 1.165) is 60.6 Å². The lowest BCUT2D eigenvalue weighted by Crippen LogP contribution is -2.00. The minimum Gasteiger partial charge on any atom is -0.438 e. The summed E-state index contributed by atoms with van der Waals surface area (Å²) in [6.45, 7) is 0. The Labute approximate surface area is 269 Å². The van der Waals surface area contributed by atoms with Gasteiger partial charge in [0, 0.05) is 45.4 Å². The van der Waals surface area contributed by atoms with E-state index >= 15 is 0 Å². The van der Waals surface area contributed by atoms with Gasteiger partial charge in [-0.05, 0) is 41.5 Å². The van der Waals surface area contributed by atoms with E-state index in [2.05, 4.69) is 29.2 Å². The van der Waals surface area contributed by atoms with Gasteiger partial charge in [0.25, 0.3) is 0 Å². The summed E-state index contributed by atoms with van der Waals surface area (Å²) in [6.07, 6.45) is 3.62. The Kier molecular flexibility index (Phi) is 6.31. The van der Waals surface area contributed by atoms with Crippen LogP contribution in [0.5, 0.6) is 0 Å². The maximum absolute atomic E-state index is 6.33. The predicted molar refractivity (Wildman–Crippen MR) is 185 cm³/mol. The lowest BCUT2D eigenvalue weighted by atomic mass is 10.0. The zero-order chi connectivity index (χ0) is 31.2. The zero-order valence-electron chi connectivity index (χ0n) is 24.9. The Morgan fingerprint density at radius 1 is 0.426 bits per heavy atom. The molecule has 0 aliphatic carbocycles. The molecule has 0 amide bonds. The molecule has 7 nitrogen and oxygen atoms in total. The van der Waals surface area contributed by atoms with E-state index in [4.69, 9.17) is 29.3 Å². The topological polar surface area (TPSA) is 90.5 Å². The van der Waals surface area contributed by atoms with Gasteiger partial charge in [0.05, 0.1) is 10.9 Å². The van der Waals surface area contributed by atoms with Gasteiger partial charge in [-0.1, -0.05) is 103 Å². The fraction of sp³-hybridized carbons (Fsp3) is 0. The molecule has 0 N–H and O–H groups in total. The van der Waals surface area contributed by atoms with Crippen molar-refractivity contribution in [3.05, 3.63) is 146 Å². The van der Waals surface area contributed by atoms with E-state index in [1.807, 2.05) is 115 Å². The highest BCUT2D eigenvalue weighted by atomic mass is 16.3. The summed E-state index contributed by atoms with van der Waals surface area (Å²) in [4.78, 5) is 28.7. The first kappa shape index (κ1) is 26.8. The second-order valence-corrected chi connectivity index (χ2v) is 11.2. The number of hydrogen-bond acceptors (Lipinski definition) is 7. The first-order valence-corrected chi connectivity index (χ1v) is 15.3. The van der Waals surface area contributed by atoms with Crippen molar-refractivity contribution in [1.29, 1.82) is 0 Å². The molecule has 5 aromatic carbocycles. The van der Waals surface area contributed by atoms with Gasteiger partial charge in [0.2, 0.25) is 5.71 Å². The Bertz CT molecular complexity index is 2520. The van der Waals surface area contributed by atoms with E-state index in [-0.39, 0.29) is 0 Å². The molecule has 0 unspecified atom stereocenters. The largest absolute Gasteiger partial charge is 0.438 e. The van der Waals surface area contributed by atoms with Crippen LogP contribution in [0.25, 0.3) is 89.7 Å². The molecule has 0 spiro atoms. The van der Waals surface area contributed by atoms with Crippen molar-refractivity contribution in [2.45, 2.75) is 0 Å². The van der Waals surface area contributed by atoms with Crippen molar-refractivity contribution in [2.75, 3.05) is 0 Å². The molecule has 4 aromatic heterocycles. The highest BCUT2D eigenvalue weighted by Crippen LogP contribution is 2.34. The molecular weight excluding hydrogens is 580 g/mol. The number of para-hydroxylation sites is 1. The van der Waals surface area contributed by atoms with Gasteiger partial charge in [0.1, 0.15) is 5.58 Å². The van der Waals surface area contributed by atoms with Crippen molar-refractivity contribution in [3.8, 4) is 56.7 Å². The summed E-state index contributed by atoms with van der Waals surface area (Å²) in [5.74, 6) is 2.44. The first-order valence-electron chi connectivity index (χ1n) is 15.3. The van der Waals surface area contributed by atoms with Crippen LogP contribution in [-0.4, -0.2) is 29.9 Å². The Morgan fingerprint density at radius 2 is 1.06 bits per heavy atom. The fourth-order valence-electron chi connectivity index (χ4n) is 5.93. The molecule has 0 aliphatic rings. The number of rotatable bonds is 5. The third-order valence-electron chi connectivity index (χ3n) is 8.26. The molecule has 9 rings (SSSR count). The van der Waals surface area contributed by atoms with Crippen molar-refractivity contribution < 1.29 is 4.42 Å². The number of furan rings is 1. The van der Waals surface area contributed by atoms with Crippen LogP contribution in [0.4, 0.5) is 0 Å². The van der Waals surface area contributed by atoms with Crippen molar-refractivity contribution in [3.63, 3.8) is 0 Å². The molecule has 0 atom stereocenters. The van der Waals surface area contributed by atoms with Gasteiger partial charge in [-0.3, -0.25) is 4.98 Å². The molecule has 4 heterocycles. The summed E-state index contributed by atoms with van der Waals surface area (Å²) in [7, 11) is 0. The second kappa shape index (κ2) is 11.1. The summed E-state index contributed by atoms with van der Waals surface area (Å²) in [6, 6.07) is 44.4. The third kappa shape index (κ3) is 4.87. The lowest BCUT2D eigenvalue weighted by Gasteiger charge is -2.09. The van der Waals surface area contributed by atoms with E-state index in [0.29, 0.717) is 29.0 Å². The van der Waals surface area contributed by atoms with Gasteiger partial charge in [0.15, 0.2) is 23.3 Å². The van der Waals surface area contributed by atoms with E-state index < -0.39 is 0 Å². The molecule has 47 heavy (non-hydrogen) atoms. The van der Waals surface area contributed by atoms with Gasteiger partial charge in [-0.25, -0.2) is 19.9 Å². The van der Waals surface area contributed by atoms with Crippen molar-refractivity contribution >= 4 is 33.0 Å². The van der Waals surface area contributed by atoms with E-state index in [1.54, 1.807) is 6.20 Å². The molecular formula is C40H24N6O. The summed E-state index contributed by atoms with van der Waals surface area (Å²) < 4.78 is 6.33. The Balaban J connectivity index is 1.11. The lowest BCUT2D eigenvalue weighted by molar-refractivity contribution is 0.653. The molecule has 0 saturated carbocycles. The minimum absolute atomic E-state index is 0.538. The number of pyridine rings is 1. The van der Waals surface area contributed by atoms with Crippen molar-refractivity contribution in [1.82, 2.24) is 29.9 Å². The van der Waals surface area contributed by atoms with Crippen LogP contribution in [0, 0.1) is 0 Å². The van der Waals surface area contributed by atoms with Crippen LogP contribution in [0.2, 0.25) is 0 Å². The fourth-order valence-corrected chi connectivity index (χ4v) is 5.93. The smallest absolute Gasteiger partial charge is 0.230 e. The molecule has 0 radical (unpaired) electrons. The quantitative estimate of drug-likeness (QED) is 0.193. The standard InChI is InChI=1S/C40H24N6O/c1-3-10-26(11-4-1)36-43-37(27-12-5-2-6-13-27)45-38(44-36)30-16-7-15-28(22-30)29-19-20-31-33-24-42-39(46-40(33)47-34(31)23-29)32-18-8-14-25-17-9-21-41-35(25)32/h1-24H. The van der Waals surface area contributed by atoms with Crippen LogP contribution in [0.3, 0.4) is 0 Å². The van der Waals surface area contributed by atoms with Crippen LogP contribution in [0.15, 0.2) is 150 Å². The molecule has 0 aliphatic heterocycles. The van der Waals surface area contributed by atoms with Gasteiger partial charge < -0.3 is 4.42 Å². The van der Waals surface area contributed by atoms with Gasteiger partial charge in [-0.2, -0.15) is 4.98 Å². The highest BCUT2D eigenvalue weighted by molar-refractivity contribution is 6.05. The van der Waals surface area contributed by atoms with E-state index in [1.165, 1.54) is 0 Å². The van der Waals surface area contributed by atoms with Crippen LogP contribution < -0.4 is 0 Å². The van der Waals surface area contributed by atoms with Crippen LogP contribution >= 0.6 is 0 Å². The number of nitrogens with zero attached hydrogens (tertiary/aromatic N) is 6. The minimum atomic E-state index is 0.538. The molecule has 0 saturated heterocycles. The van der Waals surface area contributed by atoms with E-state index in [9.17, 15) is 0 Å². The monoisotopic (exact) mass is 604 g/mol. The average molecular weight is 605 g/mol. The molecule has 220 valence electrons. The van der Waals surface area contributed by atoms with Gasteiger partial charge in [-0.15, -0.1) is 0 Å². The zero-order valence-corrected chi connectivity index (χ0v) is 24.9. The molecule has 9 aromatic rings. The number of aromatic nitrogens is 6. The summed E-state index contributed by atoms with van der Waals surface area (Å²) in [5, 5.41) is 2.86. The Morgan fingerprint density at radius 3 is 1.83 bits per heavy atom. The second-order valence-electron chi connectivity index (χ2n) is 11.2. The number of hydrogen-bond donors (Lipinski definition) is 0. The maximum Gasteiger partial charge on any atom is 0.230 e. The maximum atomic E-state index is 6.33. The summed E-state index contributed by atoms with van der Waals surface area (Å²) >= 11 is 0. The molecule has 0 bridgehead atoms.